The molecule has 0 N–H and O–H groups in total. The summed E-state index contributed by atoms with van der Waals surface area (Å²) in [5, 5.41) is 0. The predicted molar refractivity (Wildman–Crippen MR) is 73.4 cm³/mol. The van der Waals surface area contributed by atoms with Gasteiger partial charge in [0, 0.05) is 19.7 Å². The van der Waals surface area contributed by atoms with Crippen LogP contribution in [0, 0.1) is 6.92 Å². The highest BCUT2D eigenvalue weighted by Gasteiger charge is 2.12. The first-order chi connectivity index (χ1) is 8.67. The minimum atomic E-state index is 0.0688. The van der Waals surface area contributed by atoms with E-state index in [2.05, 4.69) is 38.1 Å². The van der Waals surface area contributed by atoms with Crippen molar-refractivity contribution in [2.75, 3.05) is 19.8 Å². The minimum absolute atomic E-state index is 0.0688. The Morgan fingerprint density at radius 3 is 2.44 bits per heavy atom. The fourth-order valence-electron chi connectivity index (χ4n) is 1.76. The Hall–Kier alpha value is -1.35. The molecule has 0 unspecified atom stereocenters. The lowest BCUT2D eigenvalue weighted by atomic mass is 10.1. The summed E-state index contributed by atoms with van der Waals surface area (Å²) in [6.07, 6.45) is 0.962. The first kappa shape index (κ1) is 14.7. The number of hydrogen-bond acceptors (Lipinski definition) is 2. The zero-order chi connectivity index (χ0) is 13.4. The van der Waals surface area contributed by atoms with Gasteiger partial charge in [-0.05, 0) is 25.8 Å². The van der Waals surface area contributed by atoms with Crippen LogP contribution in [-0.4, -0.2) is 30.6 Å². The molecule has 0 spiro atoms. The van der Waals surface area contributed by atoms with Crippen LogP contribution in [0.5, 0.6) is 0 Å². The average molecular weight is 249 g/mol. The maximum absolute atomic E-state index is 12.0. The molecule has 0 fully saturated rings. The molecule has 0 aliphatic rings. The Bertz CT molecular complexity index is 359. The van der Waals surface area contributed by atoms with E-state index in [0.29, 0.717) is 13.2 Å². The van der Waals surface area contributed by atoms with Crippen molar-refractivity contribution in [2.45, 2.75) is 33.7 Å². The number of hydrogen-bond donors (Lipinski definition) is 0. The standard InChI is InChI=1S/C15H23NO2/c1-4-10-16(15(17)12-18-5-2)11-14-8-6-13(3)7-9-14/h6-9H,4-5,10-12H2,1-3H3. The molecule has 18 heavy (non-hydrogen) atoms. The van der Waals surface area contributed by atoms with E-state index in [1.165, 1.54) is 11.1 Å². The summed E-state index contributed by atoms with van der Waals surface area (Å²) in [5.41, 5.74) is 2.40. The van der Waals surface area contributed by atoms with Crippen molar-refractivity contribution >= 4 is 5.91 Å². The third-order valence-electron chi connectivity index (χ3n) is 2.77. The highest BCUT2D eigenvalue weighted by atomic mass is 16.5. The smallest absolute Gasteiger partial charge is 0.248 e. The maximum Gasteiger partial charge on any atom is 0.248 e. The molecular formula is C15H23NO2. The first-order valence-corrected chi connectivity index (χ1v) is 6.58. The predicted octanol–water partition coefficient (Wildman–Crippen LogP) is 2.77. The van der Waals surface area contributed by atoms with Gasteiger partial charge in [0.2, 0.25) is 5.91 Å². The van der Waals surface area contributed by atoms with Gasteiger partial charge in [0.05, 0.1) is 0 Å². The Morgan fingerprint density at radius 2 is 1.89 bits per heavy atom. The molecule has 0 saturated carbocycles. The zero-order valence-corrected chi connectivity index (χ0v) is 11.6. The second kappa shape index (κ2) is 7.88. The Labute approximate surface area is 110 Å². The van der Waals surface area contributed by atoms with Gasteiger partial charge in [-0.2, -0.15) is 0 Å². The second-order valence-corrected chi connectivity index (χ2v) is 4.44. The quantitative estimate of drug-likeness (QED) is 0.743. The summed E-state index contributed by atoms with van der Waals surface area (Å²) in [7, 11) is 0. The molecule has 1 aromatic rings. The summed E-state index contributed by atoms with van der Waals surface area (Å²) in [4.78, 5) is 13.8. The topological polar surface area (TPSA) is 29.5 Å². The fourth-order valence-corrected chi connectivity index (χ4v) is 1.76. The molecule has 0 saturated heterocycles. The molecule has 100 valence electrons. The van der Waals surface area contributed by atoms with E-state index in [4.69, 9.17) is 4.74 Å². The van der Waals surface area contributed by atoms with Gasteiger partial charge in [-0.25, -0.2) is 0 Å². The van der Waals surface area contributed by atoms with Gasteiger partial charge in [-0.1, -0.05) is 36.8 Å². The lowest BCUT2D eigenvalue weighted by molar-refractivity contribution is -0.136. The molecule has 1 rings (SSSR count). The summed E-state index contributed by atoms with van der Waals surface area (Å²) in [5.74, 6) is 0.0688. The van der Waals surface area contributed by atoms with Crippen molar-refractivity contribution in [3.05, 3.63) is 35.4 Å². The number of nitrogens with zero attached hydrogens (tertiary/aromatic N) is 1. The SMILES string of the molecule is CCCN(Cc1ccc(C)cc1)C(=O)COCC. The summed E-state index contributed by atoms with van der Waals surface area (Å²) in [6.45, 7) is 8.25. The number of ether oxygens (including phenoxy) is 1. The van der Waals surface area contributed by atoms with Crippen molar-refractivity contribution in [2.24, 2.45) is 0 Å². The van der Waals surface area contributed by atoms with Gasteiger partial charge < -0.3 is 9.64 Å². The molecule has 0 aliphatic carbocycles. The molecule has 0 aliphatic heterocycles. The van der Waals surface area contributed by atoms with Gasteiger partial charge >= 0.3 is 0 Å². The number of aryl methyl sites for hydroxylation is 1. The largest absolute Gasteiger partial charge is 0.372 e. The number of amides is 1. The molecule has 0 bridgehead atoms. The average Bonchev–Trinajstić information content (AvgIpc) is 2.38. The Morgan fingerprint density at radius 1 is 1.22 bits per heavy atom. The van der Waals surface area contributed by atoms with Crippen LogP contribution < -0.4 is 0 Å². The van der Waals surface area contributed by atoms with Crippen molar-refractivity contribution in [3.8, 4) is 0 Å². The fraction of sp³-hybridized carbons (Fsp3) is 0.533. The molecule has 1 aromatic carbocycles. The number of rotatable bonds is 7. The van der Waals surface area contributed by atoms with E-state index < -0.39 is 0 Å². The normalized spacial score (nSPS) is 10.4. The van der Waals surface area contributed by atoms with E-state index in [1.807, 2.05) is 11.8 Å². The molecular weight excluding hydrogens is 226 g/mol. The van der Waals surface area contributed by atoms with Crippen LogP contribution in [0.25, 0.3) is 0 Å². The van der Waals surface area contributed by atoms with Crippen LogP contribution >= 0.6 is 0 Å². The van der Waals surface area contributed by atoms with E-state index in [-0.39, 0.29) is 12.5 Å². The molecule has 0 aromatic heterocycles. The molecule has 0 radical (unpaired) electrons. The van der Waals surface area contributed by atoms with E-state index in [1.54, 1.807) is 0 Å². The van der Waals surface area contributed by atoms with E-state index in [9.17, 15) is 4.79 Å². The number of carbonyl (C=O) groups is 1. The summed E-state index contributed by atoms with van der Waals surface area (Å²) in [6, 6.07) is 8.30. The second-order valence-electron chi connectivity index (χ2n) is 4.44. The van der Waals surface area contributed by atoms with Gasteiger partial charge in [0.25, 0.3) is 0 Å². The lowest BCUT2D eigenvalue weighted by Crippen LogP contribution is -2.34. The monoisotopic (exact) mass is 249 g/mol. The molecule has 0 heterocycles. The van der Waals surface area contributed by atoms with Gasteiger partial charge in [0.1, 0.15) is 6.61 Å². The zero-order valence-electron chi connectivity index (χ0n) is 11.6. The highest BCUT2D eigenvalue weighted by Crippen LogP contribution is 2.08. The van der Waals surface area contributed by atoms with Gasteiger partial charge in [-0.15, -0.1) is 0 Å². The number of carbonyl (C=O) groups excluding carboxylic acids is 1. The Balaban J connectivity index is 2.61. The Kier molecular flexibility index (Phi) is 6.44. The van der Waals surface area contributed by atoms with Crippen LogP contribution in [0.15, 0.2) is 24.3 Å². The third kappa shape index (κ3) is 4.88. The van der Waals surface area contributed by atoms with Crippen LogP contribution in [0.4, 0.5) is 0 Å². The molecule has 3 nitrogen and oxygen atoms in total. The van der Waals surface area contributed by atoms with E-state index >= 15 is 0 Å². The highest BCUT2D eigenvalue weighted by molar-refractivity contribution is 5.77. The molecule has 0 atom stereocenters. The van der Waals surface area contributed by atoms with Crippen molar-refractivity contribution in [3.63, 3.8) is 0 Å². The third-order valence-corrected chi connectivity index (χ3v) is 2.77. The minimum Gasteiger partial charge on any atom is -0.372 e. The lowest BCUT2D eigenvalue weighted by Gasteiger charge is -2.22. The summed E-state index contributed by atoms with van der Waals surface area (Å²) >= 11 is 0. The van der Waals surface area contributed by atoms with Crippen LogP contribution in [-0.2, 0) is 16.1 Å². The van der Waals surface area contributed by atoms with Crippen LogP contribution in [0.3, 0.4) is 0 Å². The van der Waals surface area contributed by atoms with Gasteiger partial charge in [-0.3, -0.25) is 4.79 Å². The van der Waals surface area contributed by atoms with E-state index in [0.717, 1.165) is 13.0 Å². The molecule has 1 amide bonds. The van der Waals surface area contributed by atoms with Crippen LogP contribution in [0.2, 0.25) is 0 Å². The van der Waals surface area contributed by atoms with Crippen LogP contribution in [0.1, 0.15) is 31.4 Å². The van der Waals surface area contributed by atoms with Crippen molar-refractivity contribution in [1.82, 2.24) is 4.90 Å². The first-order valence-electron chi connectivity index (χ1n) is 6.58. The number of benzene rings is 1. The van der Waals surface area contributed by atoms with Crippen molar-refractivity contribution < 1.29 is 9.53 Å². The van der Waals surface area contributed by atoms with Gasteiger partial charge in [0.15, 0.2) is 0 Å². The van der Waals surface area contributed by atoms with Crippen molar-refractivity contribution in [1.29, 1.82) is 0 Å². The maximum atomic E-state index is 12.0. The summed E-state index contributed by atoms with van der Waals surface area (Å²) < 4.78 is 5.19. The molecule has 3 heteroatoms.